The number of nitrogens with two attached hydrogens (primary N) is 1. The summed E-state index contributed by atoms with van der Waals surface area (Å²) in [6, 6.07) is 17.1. The quantitative estimate of drug-likeness (QED) is 0.0237. The number of fused-ring (bicyclic) bond motifs is 1. The van der Waals surface area contributed by atoms with Gasteiger partial charge in [0, 0.05) is 47.9 Å². The molecule has 4 rings (SSSR count). The number of ether oxygens (including phenoxy) is 2. The van der Waals surface area contributed by atoms with E-state index in [2.05, 4.69) is 49.1 Å². The van der Waals surface area contributed by atoms with Crippen molar-refractivity contribution in [3.05, 3.63) is 90.1 Å². The molecule has 4 aromatic rings. The smallest absolute Gasteiger partial charge is 0.251 e. The van der Waals surface area contributed by atoms with E-state index in [0.717, 1.165) is 41.6 Å². The van der Waals surface area contributed by atoms with Crippen LogP contribution in [-0.4, -0.2) is 109 Å². The van der Waals surface area contributed by atoms with Gasteiger partial charge in [0.15, 0.2) is 0 Å². The fourth-order valence-electron chi connectivity index (χ4n) is 8.19. The van der Waals surface area contributed by atoms with Gasteiger partial charge in [-0.3, -0.25) is 33.8 Å². The molecule has 0 fully saturated rings. The van der Waals surface area contributed by atoms with Crippen LogP contribution >= 0.6 is 0 Å². The molecule has 74 heavy (non-hydrogen) atoms. The van der Waals surface area contributed by atoms with E-state index >= 15 is 0 Å². The average Bonchev–Trinajstić information content (AvgIpc) is 3.38. The molecule has 0 spiro atoms. The summed E-state index contributed by atoms with van der Waals surface area (Å²) in [6.45, 7) is 14.7. The van der Waals surface area contributed by atoms with Crippen molar-refractivity contribution in [1.29, 1.82) is 0 Å². The summed E-state index contributed by atoms with van der Waals surface area (Å²) < 4.78 is 11.5. The number of nitrogens with zero attached hydrogens (tertiary/aromatic N) is 1. The number of amides is 6. The minimum Gasteiger partial charge on any atom is -0.497 e. The van der Waals surface area contributed by atoms with Gasteiger partial charge in [-0.2, -0.15) is 0 Å². The van der Waals surface area contributed by atoms with Crippen molar-refractivity contribution in [2.75, 3.05) is 32.1 Å². The van der Waals surface area contributed by atoms with E-state index in [1.807, 2.05) is 58.9 Å². The second-order valence-corrected chi connectivity index (χ2v) is 19.5. The molecule has 404 valence electrons. The summed E-state index contributed by atoms with van der Waals surface area (Å²) in [6.07, 6.45) is 6.41. The van der Waals surface area contributed by atoms with Crippen LogP contribution < -0.4 is 52.4 Å². The lowest BCUT2D eigenvalue weighted by atomic mass is 9.94. The van der Waals surface area contributed by atoms with Gasteiger partial charge in [-0.05, 0) is 138 Å². The Hall–Kier alpha value is -6.79. The van der Waals surface area contributed by atoms with Crippen molar-refractivity contribution >= 4 is 52.0 Å². The van der Waals surface area contributed by atoms with Crippen LogP contribution in [0.3, 0.4) is 0 Å². The van der Waals surface area contributed by atoms with Gasteiger partial charge >= 0.3 is 0 Å². The van der Waals surface area contributed by atoms with Crippen LogP contribution in [0.4, 0.5) is 5.69 Å². The first-order valence-corrected chi connectivity index (χ1v) is 26.2. The average molecular weight is 1020 g/mol. The number of carbonyl (C=O) groups excluding carboxylic acids is 6. The summed E-state index contributed by atoms with van der Waals surface area (Å²) in [5.74, 6) is -1.09. The van der Waals surface area contributed by atoms with Gasteiger partial charge in [-0.25, -0.2) is 0 Å². The summed E-state index contributed by atoms with van der Waals surface area (Å²) in [7, 11) is 1.63. The fraction of sp³-hybridized carbons (Fsp3) is 0.518. The first-order valence-electron chi connectivity index (χ1n) is 26.2. The number of anilines is 1. The van der Waals surface area contributed by atoms with Crippen LogP contribution in [0.15, 0.2) is 79.0 Å². The molecule has 0 saturated heterocycles. The lowest BCUT2D eigenvalue weighted by Crippen LogP contribution is -2.55. The third kappa shape index (κ3) is 19.6. The maximum absolute atomic E-state index is 13.7. The van der Waals surface area contributed by atoms with Gasteiger partial charge in [-0.15, -0.1) is 0 Å². The Morgan fingerprint density at radius 2 is 1.35 bits per heavy atom. The molecule has 6 amide bonds. The predicted octanol–water partition coefficient (Wildman–Crippen LogP) is 6.51. The molecule has 0 aliphatic heterocycles. The molecule has 18 nitrogen and oxygen atoms in total. The van der Waals surface area contributed by atoms with E-state index in [4.69, 9.17) is 15.2 Å². The van der Waals surface area contributed by atoms with E-state index in [0.29, 0.717) is 75.2 Å². The molecule has 0 bridgehead atoms. The Labute approximate surface area is 436 Å². The largest absolute Gasteiger partial charge is 0.497 e. The van der Waals surface area contributed by atoms with Gasteiger partial charge in [0.05, 0.1) is 36.9 Å². The van der Waals surface area contributed by atoms with Crippen LogP contribution in [0.25, 0.3) is 10.9 Å². The van der Waals surface area contributed by atoms with Crippen molar-refractivity contribution in [3.8, 4) is 17.2 Å². The van der Waals surface area contributed by atoms with Crippen LogP contribution in [0.5, 0.6) is 17.2 Å². The molecule has 1 heterocycles. The number of methoxy groups -OCH3 is 1. The van der Waals surface area contributed by atoms with Crippen molar-refractivity contribution < 1.29 is 43.3 Å². The Balaban J connectivity index is 1.27. The zero-order valence-electron chi connectivity index (χ0n) is 44.6. The number of hydrogen-bond acceptors (Lipinski definition) is 12. The first-order chi connectivity index (χ1) is 35.5. The zero-order chi connectivity index (χ0) is 54.2. The normalized spacial score (nSPS) is 14.0. The van der Waals surface area contributed by atoms with E-state index in [9.17, 15) is 33.9 Å². The number of aromatic nitrogens is 1. The SMILES string of the molecule is CCCCNC(=O)C[C@H](O)[C@H](CC(C)C)NC(=O)[C@@H](NC(=O)c1ccc(Oc2ccc(C(=O)N[C@@H](C)C(=O)N[C@@H](CCCCN)C(=O)NCCCC(C)Nc3cc(OC)cc4cccnc34)cc2)cc1)C(C)CC. The van der Waals surface area contributed by atoms with Gasteiger partial charge in [0.2, 0.25) is 23.6 Å². The highest BCUT2D eigenvalue weighted by Gasteiger charge is 2.32. The molecule has 3 aromatic carbocycles. The number of pyridine rings is 1. The van der Waals surface area contributed by atoms with Gasteiger partial charge in [0.1, 0.15) is 35.4 Å². The number of nitrogens with one attached hydrogen (secondary N) is 7. The third-order valence-corrected chi connectivity index (χ3v) is 12.8. The Morgan fingerprint density at radius 3 is 1.96 bits per heavy atom. The minimum absolute atomic E-state index is 0.0661. The molecule has 0 saturated carbocycles. The van der Waals surface area contributed by atoms with Crippen molar-refractivity contribution in [2.45, 2.75) is 149 Å². The number of carbonyl (C=O) groups is 6. The highest BCUT2D eigenvalue weighted by atomic mass is 16.5. The Kier molecular flexibility index (Phi) is 25.1. The number of hydrogen-bond donors (Lipinski definition) is 9. The molecular formula is C56H81N9O9. The second kappa shape index (κ2) is 31.1. The maximum Gasteiger partial charge on any atom is 0.251 e. The first kappa shape index (κ1) is 59.8. The monoisotopic (exact) mass is 1020 g/mol. The molecule has 0 aliphatic carbocycles. The number of unbranched alkanes of at least 4 members (excludes halogenated alkanes) is 2. The van der Waals surface area contributed by atoms with E-state index in [1.165, 1.54) is 0 Å². The minimum atomic E-state index is -1.11. The summed E-state index contributed by atoms with van der Waals surface area (Å²) >= 11 is 0. The lowest BCUT2D eigenvalue weighted by molar-refractivity contribution is -0.129. The summed E-state index contributed by atoms with van der Waals surface area (Å²) in [5.41, 5.74) is 8.00. The molecular weight excluding hydrogens is 943 g/mol. The van der Waals surface area contributed by atoms with Gasteiger partial charge < -0.3 is 57.5 Å². The van der Waals surface area contributed by atoms with Crippen LogP contribution in [0, 0.1) is 11.8 Å². The molecule has 0 aliphatic rings. The van der Waals surface area contributed by atoms with E-state index < -0.39 is 53.9 Å². The molecule has 0 radical (unpaired) electrons. The number of benzene rings is 3. The molecule has 2 unspecified atom stereocenters. The lowest BCUT2D eigenvalue weighted by Gasteiger charge is -2.30. The third-order valence-electron chi connectivity index (χ3n) is 12.8. The topological polar surface area (TPSA) is 264 Å². The molecule has 7 atom stereocenters. The van der Waals surface area contributed by atoms with Crippen LogP contribution in [0.2, 0.25) is 0 Å². The van der Waals surface area contributed by atoms with E-state index in [-0.39, 0.29) is 41.7 Å². The van der Waals surface area contributed by atoms with Crippen molar-refractivity contribution in [1.82, 2.24) is 36.9 Å². The molecule has 1 aromatic heterocycles. The van der Waals surface area contributed by atoms with E-state index in [1.54, 1.807) is 68.8 Å². The standard InChI is InChI=1S/C56H81N9O9/c1-9-11-28-58-49(67)34-48(66)46(31-35(3)4)64-56(72)50(36(5)10-2)65-54(70)40-21-25-43(26-22-40)74-42-23-19-39(20-24-42)53(69)62-38(7)52(68)63-45(18-12-13-27-57)55(71)60-30-14-16-37(6)61-47-33-44(73-8)32-41-17-15-29-59-51(41)47/h15,17,19-26,29,32-33,35-38,45-46,48,50,61,66H,9-14,16,18,27-28,30-31,34,57H2,1-8H3,(H,58,67)(H,60,71)(H,62,69)(H,63,68)(H,64,72)(H,65,70)/t36?,37?,38-,45-,46-,48-,50-/m0/s1. The van der Waals surface area contributed by atoms with Crippen molar-refractivity contribution in [3.63, 3.8) is 0 Å². The van der Waals surface area contributed by atoms with Gasteiger partial charge in [-0.1, -0.05) is 53.5 Å². The number of aliphatic hydroxyl groups excluding tert-OH is 1. The van der Waals surface area contributed by atoms with Gasteiger partial charge in [0.25, 0.3) is 11.8 Å². The van der Waals surface area contributed by atoms with Crippen LogP contribution in [0.1, 0.15) is 133 Å². The Morgan fingerprint density at radius 1 is 0.703 bits per heavy atom. The second-order valence-electron chi connectivity index (χ2n) is 19.5. The van der Waals surface area contributed by atoms with Crippen molar-refractivity contribution in [2.24, 2.45) is 17.6 Å². The highest BCUT2D eigenvalue weighted by Crippen LogP contribution is 2.29. The molecule has 10 N–H and O–H groups in total. The highest BCUT2D eigenvalue weighted by molar-refractivity contribution is 5.99. The summed E-state index contributed by atoms with van der Waals surface area (Å²) in [4.78, 5) is 84.2. The molecule has 18 heteroatoms. The number of aliphatic hydroxyl groups is 1. The number of rotatable bonds is 32. The fourth-order valence-corrected chi connectivity index (χ4v) is 8.19. The van der Waals surface area contributed by atoms with Crippen LogP contribution in [-0.2, 0) is 19.2 Å². The zero-order valence-corrected chi connectivity index (χ0v) is 44.6. The summed E-state index contributed by atoms with van der Waals surface area (Å²) in [5, 5.41) is 32.6. The predicted molar refractivity (Wildman–Crippen MR) is 289 cm³/mol. The maximum atomic E-state index is 13.7. The Bertz CT molecular complexity index is 2420.